The van der Waals surface area contributed by atoms with Gasteiger partial charge in [-0.05, 0) is 18.8 Å². The molecule has 142 valence electrons. The first-order valence-electron chi connectivity index (χ1n) is 7.99. The summed E-state index contributed by atoms with van der Waals surface area (Å²) in [5.41, 5.74) is 5.65. The lowest BCUT2D eigenvalue weighted by Gasteiger charge is -2.27. The molecule has 1 aromatic rings. The summed E-state index contributed by atoms with van der Waals surface area (Å²) in [6, 6.07) is 0. The molecule has 25 heavy (non-hydrogen) atoms. The maximum atomic E-state index is 12.1. The first kappa shape index (κ1) is 20.1. The second-order valence-corrected chi connectivity index (χ2v) is 8.94. The second kappa shape index (κ2) is 7.17. The van der Waals surface area contributed by atoms with Crippen LogP contribution in [0.25, 0.3) is 0 Å². The van der Waals surface area contributed by atoms with Crippen molar-refractivity contribution in [2.45, 2.75) is 59.0 Å². The number of aryl methyl sites for hydroxylation is 1. The number of aromatic nitrogens is 2. The van der Waals surface area contributed by atoms with Gasteiger partial charge in [-0.2, -0.15) is 4.98 Å². The van der Waals surface area contributed by atoms with Crippen LogP contribution in [0.2, 0.25) is 0 Å². The summed E-state index contributed by atoms with van der Waals surface area (Å²) in [4.78, 5) is 25.6. The summed E-state index contributed by atoms with van der Waals surface area (Å²) < 4.78 is 28.9. The van der Waals surface area contributed by atoms with Gasteiger partial charge in [-0.3, -0.25) is 13.6 Å². The van der Waals surface area contributed by atoms with Crippen molar-refractivity contribution >= 4 is 13.6 Å². The Morgan fingerprint density at radius 1 is 1.52 bits per heavy atom. The van der Waals surface area contributed by atoms with Gasteiger partial charge in [0, 0.05) is 25.3 Å². The molecule has 0 bridgehead atoms. The van der Waals surface area contributed by atoms with Crippen molar-refractivity contribution < 1.29 is 23.2 Å². The van der Waals surface area contributed by atoms with Crippen molar-refractivity contribution in [3.05, 3.63) is 22.2 Å². The van der Waals surface area contributed by atoms with Crippen LogP contribution in [0.4, 0.5) is 5.82 Å². The molecule has 0 amide bonds. The molecule has 9 nitrogen and oxygen atoms in total. The van der Waals surface area contributed by atoms with Crippen molar-refractivity contribution in [2.24, 2.45) is 5.41 Å². The smallest absolute Gasteiger partial charge is 0.383 e. The van der Waals surface area contributed by atoms with E-state index in [9.17, 15) is 14.3 Å². The molecule has 0 radical (unpaired) electrons. The summed E-state index contributed by atoms with van der Waals surface area (Å²) in [7, 11) is -3.07. The molecule has 3 N–H and O–H groups in total. The predicted octanol–water partition coefficient (Wildman–Crippen LogP) is 1.99. The summed E-state index contributed by atoms with van der Waals surface area (Å²) >= 11 is 0. The molecule has 1 aliphatic rings. The van der Waals surface area contributed by atoms with Crippen LogP contribution in [0.15, 0.2) is 11.0 Å². The number of nitrogens with two attached hydrogens (primary N) is 1. The summed E-state index contributed by atoms with van der Waals surface area (Å²) in [6.45, 7) is 7.81. The average Bonchev–Trinajstić information content (AvgIpc) is 2.82. The minimum atomic E-state index is -4.18. The zero-order chi connectivity index (χ0) is 19.0. The number of rotatable bonds is 5. The summed E-state index contributed by atoms with van der Waals surface area (Å²) in [5.74, 6) is 0.164. The molecule has 2 heterocycles. The molecule has 1 aliphatic heterocycles. The molecule has 1 fully saturated rings. The quantitative estimate of drug-likeness (QED) is 0.748. The fourth-order valence-corrected chi connectivity index (χ4v) is 3.42. The van der Waals surface area contributed by atoms with Crippen LogP contribution < -0.4 is 11.4 Å². The first-order valence-corrected chi connectivity index (χ1v) is 9.49. The Hall–Kier alpha value is -1.25. The van der Waals surface area contributed by atoms with E-state index in [1.807, 2.05) is 20.8 Å². The monoisotopic (exact) mass is 375 g/mol. The zero-order valence-electron chi connectivity index (χ0n) is 15.1. The van der Waals surface area contributed by atoms with Crippen LogP contribution in [-0.4, -0.2) is 33.8 Å². The van der Waals surface area contributed by atoms with Gasteiger partial charge < -0.3 is 15.4 Å². The van der Waals surface area contributed by atoms with E-state index in [4.69, 9.17) is 15.0 Å². The van der Waals surface area contributed by atoms with Gasteiger partial charge in [-0.15, -0.1) is 0 Å². The summed E-state index contributed by atoms with van der Waals surface area (Å²) in [5, 5.41) is 0. The van der Waals surface area contributed by atoms with Crippen LogP contribution in [0.3, 0.4) is 0 Å². The van der Waals surface area contributed by atoms with Crippen LogP contribution in [0, 0.1) is 12.3 Å². The van der Waals surface area contributed by atoms with Crippen LogP contribution in [0.1, 0.15) is 45.4 Å². The Bertz CT molecular complexity index is 729. The standard InChI is InChI=1S/C15H26N3O6P/c1-9-8-18(14(19)17-13(9)16)12-6-10(24-25(20,21)22-5)11(23-12)7-15(2,3)4/h8,10-12H,6-7H2,1-5H3,(H,20,21)(H2,16,17,19)/t10?,11-,12-/m1/s1. The number of phosphoric ester groups is 1. The van der Waals surface area contributed by atoms with Gasteiger partial charge in [0.15, 0.2) is 0 Å². The fourth-order valence-electron chi connectivity index (χ4n) is 2.77. The Morgan fingerprint density at radius 3 is 2.72 bits per heavy atom. The van der Waals surface area contributed by atoms with Gasteiger partial charge >= 0.3 is 13.5 Å². The lowest BCUT2D eigenvalue weighted by molar-refractivity contribution is -0.0384. The van der Waals surface area contributed by atoms with Crippen LogP contribution >= 0.6 is 7.82 Å². The fraction of sp³-hybridized carbons (Fsp3) is 0.733. The number of anilines is 1. The van der Waals surface area contributed by atoms with Gasteiger partial charge in [0.1, 0.15) is 12.0 Å². The van der Waals surface area contributed by atoms with Crippen molar-refractivity contribution in [1.82, 2.24) is 9.55 Å². The molecule has 10 heteroatoms. The van der Waals surface area contributed by atoms with Crippen molar-refractivity contribution in [2.75, 3.05) is 12.8 Å². The average molecular weight is 375 g/mol. The molecular weight excluding hydrogens is 349 g/mol. The highest BCUT2D eigenvalue weighted by Crippen LogP contribution is 2.48. The molecular formula is C15H26N3O6P. The van der Waals surface area contributed by atoms with Gasteiger partial charge in [-0.25, -0.2) is 9.36 Å². The number of nitrogen functional groups attached to an aromatic ring is 1. The van der Waals surface area contributed by atoms with E-state index in [-0.39, 0.29) is 17.7 Å². The topological polar surface area (TPSA) is 126 Å². The zero-order valence-corrected chi connectivity index (χ0v) is 16.0. The van der Waals surface area contributed by atoms with Crippen molar-refractivity contribution in [1.29, 1.82) is 0 Å². The molecule has 0 aliphatic carbocycles. The van der Waals surface area contributed by atoms with Gasteiger partial charge in [0.2, 0.25) is 0 Å². The molecule has 2 rings (SSSR count). The van der Waals surface area contributed by atoms with Crippen molar-refractivity contribution in [3.8, 4) is 0 Å². The second-order valence-electron chi connectivity index (χ2n) is 7.42. The Balaban J connectivity index is 2.30. The highest BCUT2D eigenvalue weighted by atomic mass is 31.2. The highest BCUT2D eigenvalue weighted by Gasteiger charge is 2.43. The lowest BCUT2D eigenvalue weighted by Crippen LogP contribution is -2.29. The van der Waals surface area contributed by atoms with E-state index in [0.717, 1.165) is 7.11 Å². The third-order valence-electron chi connectivity index (χ3n) is 3.98. The Kier molecular flexibility index (Phi) is 5.75. The van der Waals surface area contributed by atoms with Gasteiger partial charge in [0.25, 0.3) is 0 Å². The lowest BCUT2D eigenvalue weighted by atomic mass is 9.87. The molecule has 0 aromatic carbocycles. The van der Waals surface area contributed by atoms with Crippen molar-refractivity contribution in [3.63, 3.8) is 0 Å². The Labute approximate surface area is 146 Å². The van der Waals surface area contributed by atoms with Crippen LogP contribution in [0.5, 0.6) is 0 Å². The number of ether oxygens (including phenoxy) is 1. The van der Waals surface area contributed by atoms with E-state index >= 15 is 0 Å². The SMILES string of the molecule is COP(=O)(O)OC1C[C@H](n2cc(C)c(N)nc2=O)O[C@@H]1CC(C)(C)C. The molecule has 0 saturated carbocycles. The minimum absolute atomic E-state index is 0.103. The molecule has 1 aromatic heterocycles. The number of hydrogen-bond donors (Lipinski definition) is 2. The van der Waals surface area contributed by atoms with E-state index in [0.29, 0.717) is 12.0 Å². The maximum absolute atomic E-state index is 12.1. The maximum Gasteiger partial charge on any atom is 0.472 e. The normalized spacial score (nSPS) is 26.6. The number of nitrogens with zero attached hydrogens (tertiary/aromatic N) is 2. The third-order valence-corrected chi connectivity index (χ3v) is 4.98. The number of phosphoric acid groups is 1. The minimum Gasteiger partial charge on any atom is -0.383 e. The van der Waals surface area contributed by atoms with E-state index in [1.54, 1.807) is 13.1 Å². The van der Waals surface area contributed by atoms with E-state index in [2.05, 4.69) is 9.51 Å². The molecule has 1 saturated heterocycles. The van der Waals surface area contributed by atoms with E-state index < -0.39 is 31.9 Å². The van der Waals surface area contributed by atoms with Gasteiger partial charge in [-0.1, -0.05) is 20.8 Å². The van der Waals surface area contributed by atoms with Gasteiger partial charge in [0.05, 0.1) is 12.2 Å². The Morgan fingerprint density at radius 2 is 2.16 bits per heavy atom. The number of hydrogen-bond acceptors (Lipinski definition) is 7. The molecule has 0 spiro atoms. The third kappa shape index (κ3) is 5.12. The molecule has 2 unspecified atom stereocenters. The molecule has 4 atom stereocenters. The van der Waals surface area contributed by atoms with Crippen LogP contribution in [-0.2, 0) is 18.3 Å². The highest BCUT2D eigenvalue weighted by molar-refractivity contribution is 7.47. The summed E-state index contributed by atoms with van der Waals surface area (Å²) in [6.07, 6.45) is 0.553. The first-order chi connectivity index (χ1) is 11.4. The largest absolute Gasteiger partial charge is 0.472 e. The van der Waals surface area contributed by atoms with E-state index in [1.165, 1.54) is 4.57 Å². The predicted molar refractivity (Wildman–Crippen MR) is 92.0 cm³/mol.